The van der Waals surface area contributed by atoms with E-state index in [2.05, 4.69) is 20.3 Å². The molecule has 210 valence electrons. The lowest BCUT2D eigenvalue weighted by Gasteiger charge is -2.06. The van der Waals surface area contributed by atoms with Gasteiger partial charge in [0.05, 0.1) is 27.4 Å². The second-order valence-electron chi connectivity index (χ2n) is 8.87. The van der Waals surface area contributed by atoms with Crippen LogP contribution in [0, 0.1) is 0 Å². The lowest BCUT2D eigenvalue weighted by atomic mass is 10.0. The number of nitrogens with zero attached hydrogens (tertiary/aromatic N) is 5. The predicted octanol–water partition coefficient (Wildman–Crippen LogP) is 6.10. The summed E-state index contributed by atoms with van der Waals surface area (Å²) in [6.45, 7) is 1.80. The van der Waals surface area contributed by atoms with E-state index in [0.717, 1.165) is 22.7 Å². The zero-order valence-corrected chi connectivity index (χ0v) is 23.4. The summed E-state index contributed by atoms with van der Waals surface area (Å²) in [7, 11) is 0. The maximum absolute atomic E-state index is 13.7. The van der Waals surface area contributed by atoms with Gasteiger partial charge in [0.15, 0.2) is 11.5 Å². The molecule has 0 saturated heterocycles. The van der Waals surface area contributed by atoms with Gasteiger partial charge in [0.1, 0.15) is 26.7 Å². The average Bonchev–Trinajstić information content (AvgIpc) is 3.62. The van der Waals surface area contributed by atoms with E-state index in [9.17, 15) is 19.8 Å². The smallest absolute Gasteiger partial charge is 0.350 e. The van der Waals surface area contributed by atoms with E-state index < -0.39 is 5.97 Å². The van der Waals surface area contributed by atoms with Crippen LogP contribution in [-0.2, 0) is 4.74 Å². The van der Waals surface area contributed by atoms with Gasteiger partial charge in [-0.15, -0.1) is 38.0 Å². The Morgan fingerprint density at radius 3 is 2.48 bits per heavy atom. The number of esters is 1. The van der Waals surface area contributed by atoms with Crippen LogP contribution in [-0.4, -0.2) is 43.3 Å². The van der Waals surface area contributed by atoms with Crippen LogP contribution in [0.1, 0.15) is 31.8 Å². The molecule has 0 unspecified atom stereocenters. The summed E-state index contributed by atoms with van der Waals surface area (Å²) in [5.74, 6) is -1.52. The third-order valence-electron chi connectivity index (χ3n) is 6.33. The van der Waals surface area contributed by atoms with Gasteiger partial charge in [-0.1, -0.05) is 24.3 Å². The monoisotopic (exact) mass is 599 g/mol. The summed E-state index contributed by atoms with van der Waals surface area (Å²) < 4.78 is 6.98. The summed E-state index contributed by atoms with van der Waals surface area (Å²) in [4.78, 5) is 31.1. The number of nitrogen functional groups attached to an aromatic ring is 2. The zero-order chi connectivity index (χ0) is 29.5. The van der Waals surface area contributed by atoms with Crippen molar-refractivity contribution in [2.24, 2.45) is 10.2 Å². The molecule has 14 heteroatoms. The van der Waals surface area contributed by atoms with Crippen molar-refractivity contribution in [3.05, 3.63) is 76.1 Å². The van der Waals surface area contributed by atoms with Crippen LogP contribution in [0.2, 0.25) is 0 Å². The molecule has 0 aliphatic rings. The Labute approximate surface area is 245 Å². The Balaban J connectivity index is 1.48. The number of hydrogen-bond donors (Lipinski definition) is 4. The van der Waals surface area contributed by atoms with E-state index >= 15 is 0 Å². The molecule has 0 fully saturated rings. The van der Waals surface area contributed by atoms with E-state index in [1.54, 1.807) is 43.3 Å². The first-order valence-corrected chi connectivity index (χ1v) is 14.1. The molecule has 42 heavy (non-hydrogen) atoms. The molecule has 6 aromatic rings. The Morgan fingerprint density at radius 1 is 0.976 bits per heavy atom. The third-order valence-corrected chi connectivity index (χ3v) is 8.79. The van der Waals surface area contributed by atoms with Gasteiger partial charge >= 0.3 is 5.97 Å². The Kier molecular flexibility index (Phi) is 6.76. The molecule has 0 amide bonds. The van der Waals surface area contributed by atoms with Crippen molar-refractivity contribution in [2.45, 2.75) is 6.92 Å². The largest absolute Gasteiger partial charge is 0.506 e. The summed E-state index contributed by atoms with van der Waals surface area (Å²) in [6.07, 6.45) is 1.52. The van der Waals surface area contributed by atoms with Crippen LogP contribution in [0.4, 0.5) is 22.9 Å². The molecule has 4 heterocycles. The van der Waals surface area contributed by atoms with E-state index in [1.165, 1.54) is 23.0 Å². The summed E-state index contributed by atoms with van der Waals surface area (Å²) in [5.41, 5.74) is 13.8. The Morgan fingerprint density at radius 2 is 1.71 bits per heavy atom. The highest BCUT2D eigenvalue weighted by Gasteiger charge is 2.29. The standard InChI is InChI=1S/C28H21N7O5S2/c1-2-40-27(39)24-20(32-33-21-25(30)34-35(26(21)38)13-7-4-3-5-8-13)17-18(29)23(41-28(17)42-24)22(37)15-10-11-16(36)19-14(15)9-6-12-31-19/h3-12,36,38H,2,29H2,1H3,(H2,30,34). The number of hydrogen-bond acceptors (Lipinski definition) is 13. The number of para-hydroxylation sites is 1. The van der Waals surface area contributed by atoms with Crippen LogP contribution in [0.5, 0.6) is 11.6 Å². The molecule has 0 bridgehead atoms. The number of carbonyl (C=O) groups is 2. The van der Waals surface area contributed by atoms with Gasteiger partial charge in [0.2, 0.25) is 11.7 Å². The number of benzene rings is 2. The van der Waals surface area contributed by atoms with Gasteiger partial charge in [-0.2, -0.15) is 4.68 Å². The maximum atomic E-state index is 13.7. The van der Waals surface area contributed by atoms with Crippen LogP contribution < -0.4 is 11.5 Å². The van der Waals surface area contributed by atoms with Crippen molar-refractivity contribution in [1.29, 1.82) is 0 Å². The third kappa shape index (κ3) is 4.38. The number of phenols is 1. The van der Waals surface area contributed by atoms with Crippen LogP contribution in [0.25, 0.3) is 26.0 Å². The van der Waals surface area contributed by atoms with Crippen LogP contribution >= 0.6 is 22.7 Å². The van der Waals surface area contributed by atoms with Crippen molar-refractivity contribution in [3.63, 3.8) is 0 Å². The van der Waals surface area contributed by atoms with Crippen molar-refractivity contribution in [3.8, 4) is 17.3 Å². The number of azo groups is 1. The van der Waals surface area contributed by atoms with Gasteiger partial charge in [-0.25, -0.2) is 4.79 Å². The number of ether oxygens (including phenoxy) is 1. The quantitative estimate of drug-likeness (QED) is 0.0954. The van der Waals surface area contributed by atoms with E-state index in [-0.39, 0.29) is 62.2 Å². The molecule has 0 aliphatic heterocycles. The Bertz CT molecular complexity index is 2050. The fourth-order valence-corrected chi connectivity index (χ4v) is 6.86. The zero-order valence-electron chi connectivity index (χ0n) is 21.8. The molecular formula is C28H21N7O5S2. The highest BCUT2D eigenvalue weighted by Crippen LogP contribution is 2.49. The van der Waals surface area contributed by atoms with Gasteiger partial charge in [0, 0.05) is 17.1 Å². The number of rotatable bonds is 7. The van der Waals surface area contributed by atoms with Gasteiger partial charge in [0.25, 0.3) is 0 Å². The van der Waals surface area contributed by atoms with Crippen molar-refractivity contribution >= 4 is 77.6 Å². The fourth-order valence-electron chi connectivity index (χ4n) is 4.41. The molecule has 0 spiro atoms. The number of ketones is 1. The molecule has 0 atom stereocenters. The van der Waals surface area contributed by atoms with Gasteiger partial charge in [-0.05, 0) is 37.3 Å². The number of carbonyl (C=O) groups excluding carboxylic acids is 2. The molecule has 4 aromatic heterocycles. The van der Waals surface area contributed by atoms with Gasteiger partial charge in [-0.3, -0.25) is 9.78 Å². The second kappa shape index (κ2) is 10.6. The summed E-state index contributed by atoms with van der Waals surface area (Å²) >= 11 is 2.16. The first-order valence-electron chi connectivity index (χ1n) is 12.5. The molecule has 0 radical (unpaired) electrons. The van der Waals surface area contributed by atoms with E-state index in [0.29, 0.717) is 26.0 Å². The first kappa shape index (κ1) is 26.9. The topological polar surface area (TPSA) is 191 Å². The van der Waals surface area contributed by atoms with Crippen molar-refractivity contribution in [2.75, 3.05) is 18.1 Å². The van der Waals surface area contributed by atoms with Crippen molar-refractivity contribution in [1.82, 2.24) is 14.8 Å². The van der Waals surface area contributed by atoms with Crippen molar-refractivity contribution < 1.29 is 24.5 Å². The number of aromatic hydroxyl groups is 2. The lowest BCUT2D eigenvalue weighted by Crippen LogP contribution is -2.04. The first-order chi connectivity index (χ1) is 20.3. The molecular weight excluding hydrogens is 578 g/mol. The highest BCUT2D eigenvalue weighted by atomic mass is 32.2. The number of aromatic nitrogens is 3. The number of fused-ring (bicyclic) bond motifs is 2. The second-order valence-corrected chi connectivity index (χ2v) is 11.2. The minimum atomic E-state index is -0.639. The molecule has 0 saturated carbocycles. The normalized spacial score (nSPS) is 11.5. The molecule has 2 aromatic carbocycles. The number of thiophene rings is 2. The van der Waals surface area contributed by atoms with E-state index in [1.807, 2.05) is 6.07 Å². The highest BCUT2D eigenvalue weighted by molar-refractivity contribution is 7.40. The van der Waals surface area contributed by atoms with Crippen LogP contribution in [0.15, 0.2) is 71.0 Å². The molecule has 0 aliphatic carbocycles. The molecule has 6 rings (SSSR count). The molecule has 12 nitrogen and oxygen atoms in total. The maximum Gasteiger partial charge on any atom is 0.350 e. The lowest BCUT2D eigenvalue weighted by molar-refractivity contribution is 0.0533. The number of phenolic OH excluding ortho intramolecular Hbond substituents is 1. The van der Waals surface area contributed by atoms with Crippen LogP contribution in [0.3, 0.4) is 0 Å². The predicted molar refractivity (Wildman–Crippen MR) is 161 cm³/mol. The number of pyridine rings is 1. The summed E-state index contributed by atoms with van der Waals surface area (Å²) in [6, 6.07) is 15.1. The fraction of sp³-hybridized carbons (Fsp3) is 0.0714. The summed E-state index contributed by atoms with van der Waals surface area (Å²) in [5, 5.41) is 34.4. The van der Waals surface area contributed by atoms with E-state index in [4.69, 9.17) is 16.2 Å². The average molecular weight is 600 g/mol. The van der Waals surface area contributed by atoms with Gasteiger partial charge < -0.3 is 26.4 Å². The molecule has 6 N–H and O–H groups in total. The number of nitrogens with two attached hydrogens (primary N) is 2. The Hall–Kier alpha value is -5.34. The minimum absolute atomic E-state index is 0.0535. The SMILES string of the molecule is CCOC(=O)c1sc2sc(C(=O)c3ccc(O)c4ncccc34)c(N)c2c1N=Nc1c(N)nn(-c2ccccc2)c1O. The number of anilines is 2. The minimum Gasteiger partial charge on any atom is -0.506 e.